The lowest BCUT2D eigenvalue weighted by Gasteiger charge is -2.27. The van der Waals surface area contributed by atoms with Gasteiger partial charge >= 0.3 is 0 Å². The van der Waals surface area contributed by atoms with Crippen molar-refractivity contribution in [2.75, 3.05) is 13.7 Å². The van der Waals surface area contributed by atoms with Crippen LogP contribution in [0.4, 0.5) is 0 Å². The largest absolute Gasteiger partial charge is 0.493 e. The number of carbonyl (C=O) groups is 1. The van der Waals surface area contributed by atoms with E-state index in [1.807, 2.05) is 12.1 Å². The summed E-state index contributed by atoms with van der Waals surface area (Å²) in [5.41, 5.74) is 2.01. The van der Waals surface area contributed by atoms with Gasteiger partial charge < -0.3 is 14.6 Å². The molecule has 0 heterocycles. The summed E-state index contributed by atoms with van der Waals surface area (Å²) >= 11 is 3.44. The number of hydrogen-bond donors (Lipinski definition) is 2. The van der Waals surface area contributed by atoms with E-state index < -0.39 is 11.5 Å². The molecule has 0 radical (unpaired) electrons. The van der Waals surface area contributed by atoms with Crippen molar-refractivity contribution in [1.82, 2.24) is 5.43 Å². The Morgan fingerprint density at radius 3 is 2.25 bits per heavy atom. The van der Waals surface area contributed by atoms with Crippen LogP contribution in [-0.4, -0.2) is 30.9 Å². The zero-order valence-corrected chi connectivity index (χ0v) is 18.9. The van der Waals surface area contributed by atoms with Gasteiger partial charge in [0.25, 0.3) is 5.91 Å². The third-order valence-electron chi connectivity index (χ3n) is 4.68. The Labute approximate surface area is 195 Å². The normalized spacial score (nSPS) is 11.1. The van der Waals surface area contributed by atoms with Crippen LogP contribution in [0.25, 0.3) is 0 Å². The molecular formula is C25H21BrN2O4. The Bertz CT molecular complexity index is 1100. The average molecular weight is 493 g/mol. The smallest absolute Gasteiger partial charge is 0.281 e. The number of benzene rings is 3. The molecule has 0 saturated heterocycles. The lowest BCUT2D eigenvalue weighted by Crippen LogP contribution is -2.43. The van der Waals surface area contributed by atoms with Crippen molar-refractivity contribution in [2.24, 2.45) is 5.10 Å². The molecule has 0 aliphatic rings. The zero-order chi connectivity index (χ0) is 23.0. The molecular weight excluding hydrogens is 472 g/mol. The summed E-state index contributed by atoms with van der Waals surface area (Å²) in [7, 11) is 1.51. The molecule has 3 aromatic carbocycles. The number of terminal acetylenes is 1. The molecule has 3 aromatic rings. The first-order valence-corrected chi connectivity index (χ1v) is 10.4. The van der Waals surface area contributed by atoms with Crippen molar-refractivity contribution in [2.45, 2.75) is 5.60 Å². The molecule has 0 aliphatic heterocycles. The molecule has 0 bridgehead atoms. The molecule has 1 amide bonds. The maximum absolute atomic E-state index is 13.1. The third-order valence-corrected chi connectivity index (χ3v) is 5.36. The van der Waals surface area contributed by atoms with Gasteiger partial charge in [-0.2, -0.15) is 5.10 Å². The maximum Gasteiger partial charge on any atom is 0.281 e. The Morgan fingerprint density at radius 2 is 1.72 bits per heavy atom. The Balaban J connectivity index is 1.86. The molecule has 0 saturated carbocycles. The number of methoxy groups -OCH3 is 1. The van der Waals surface area contributed by atoms with E-state index in [4.69, 9.17) is 15.9 Å². The van der Waals surface area contributed by atoms with Crippen LogP contribution >= 0.6 is 15.9 Å². The van der Waals surface area contributed by atoms with Crippen molar-refractivity contribution < 1.29 is 19.4 Å². The van der Waals surface area contributed by atoms with Gasteiger partial charge in [0.2, 0.25) is 0 Å². The minimum absolute atomic E-state index is 0.101. The van der Waals surface area contributed by atoms with Crippen LogP contribution in [0.1, 0.15) is 16.7 Å². The van der Waals surface area contributed by atoms with E-state index in [-0.39, 0.29) is 6.61 Å². The molecule has 0 fully saturated rings. The van der Waals surface area contributed by atoms with Crippen molar-refractivity contribution in [3.05, 3.63) is 94.0 Å². The van der Waals surface area contributed by atoms with E-state index in [1.165, 1.54) is 13.3 Å². The molecule has 2 N–H and O–H groups in total. The fourth-order valence-corrected chi connectivity index (χ4v) is 3.50. The molecule has 0 aliphatic carbocycles. The lowest BCUT2D eigenvalue weighted by atomic mass is 9.85. The van der Waals surface area contributed by atoms with Gasteiger partial charge in [-0.15, -0.1) is 6.42 Å². The van der Waals surface area contributed by atoms with Crippen LogP contribution in [0, 0.1) is 12.3 Å². The molecule has 32 heavy (non-hydrogen) atoms. The summed E-state index contributed by atoms with van der Waals surface area (Å²) in [5, 5.41) is 15.5. The minimum atomic E-state index is -1.91. The maximum atomic E-state index is 13.1. The predicted octanol–water partition coefficient (Wildman–Crippen LogP) is 3.86. The molecule has 0 spiro atoms. The summed E-state index contributed by atoms with van der Waals surface area (Å²) in [4.78, 5) is 13.1. The number of hydrazone groups is 1. The first-order chi connectivity index (χ1) is 15.5. The second-order valence-electron chi connectivity index (χ2n) is 6.66. The summed E-state index contributed by atoms with van der Waals surface area (Å²) in [5.74, 6) is 2.64. The van der Waals surface area contributed by atoms with Crippen LogP contribution in [0.2, 0.25) is 0 Å². The quantitative estimate of drug-likeness (QED) is 0.284. The zero-order valence-electron chi connectivity index (χ0n) is 17.3. The van der Waals surface area contributed by atoms with Crippen LogP contribution in [0.3, 0.4) is 0 Å². The Morgan fingerprint density at radius 1 is 1.12 bits per heavy atom. The molecule has 0 unspecified atom stereocenters. The van der Waals surface area contributed by atoms with Crippen molar-refractivity contribution in [1.29, 1.82) is 0 Å². The fourth-order valence-electron chi connectivity index (χ4n) is 3.07. The third kappa shape index (κ3) is 4.99. The number of halogens is 1. The second kappa shape index (κ2) is 10.6. The van der Waals surface area contributed by atoms with Gasteiger partial charge in [-0.05, 0) is 39.2 Å². The van der Waals surface area contributed by atoms with Gasteiger partial charge in [0, 0.05) is 10.0 Å². The Hall–Kier alpha value is -3.60. The number of nitrogens with one attached hydrogen (secondary N) is 1. The molecule has 7 heteroatoms. The summed E-state index contributed by atoms with van der Waals surface area (Å²) < 4.78 is 11.4. The SMILES string of the molecule is C#CCOc1cc(Br)c(/C=N\NC(=O)C(O)(c2ccccc2)c2ccccc2)cc1OC. The lowest BCUT2D eigenvalue weighted by molar-refractivity contribution is -0.136. The predicted molar refractivity (Wildman–Crippen MR) is 127 cm³/mol. The number of nitrogens with zero attached hydrogens (tertiary/aromatic N) is 1. The van der Waals surface area contributed by atoms with Crippen LogP contribution in [-0.2, 0) is 10.4 Å². The van der Waals surface area contributed by atoms with Crippen LogP contribution < -0.4 is 14.9 Å². The average Bonchev–Trinajstić information content (AvgIpc) is 2.84. The topological polar surface area (TPSA) is 80.2 Å². The first kappa shape index (κ1) is 23.1. The number of aliphatic hydroxyl groups is 1. The van der Waals surface area contributed by atoms with E-state index in [1.54, 1.807) is 60.7 Å². The van der Waals surface area contributed by atoms with Gasteiger partial charge in [-0.1, -0.05) is 66.6 Å². The van der Waals surface area contributed by atoms with E-state index in [0.717, 1.165) is 0 Å². The highest BCUT2D eigenvalue weighted by atomic mass is 79.9. The summed E-state index contributed by atoms with van der Waals surface area (Å²) in [6.45, 7) is 0.101. The number of carbonyl (C=O) groups excluding carboxylic acids is 1. The highest BCUT2D eigenvalue weighted by molar-refractivity contribution is 9.10. The van der Waals surface area contributed by atoms with Crippen molar-refractivity contribution >= 4 is 28.1 Å². The standard InChI is InChI=1S/C25H21BrN2O4/c1-3-14-32-23-16-21(26)18(15-22(23)31-2)17-27-28-24(29)25(30,19-10-6-4-7-11-19)20-12-8-5-9-13-20/h1,4-13,15-17,30H,14H2,2H3,(H,28,29)/b27-17-. The molecule has 6 nitrogen and oxygen atoms in total. The van der Waals surface area contributed by atoms with Crippen LogP contribution in [0.15, 0.2) is 82.4 Å². The highest BCUT2D eigenvalue weighted by Crippen LogP contribution is 2.33. The van der Waals surface area contributed by atoms with Crippen molar-refractivity contribution in [3.8, 4) is 23.8 Å². The van der Waals surface area contributed by atoms with Gasteiger partial charge in [0.1, 0.15) is 6.61 Å². The molecule has 0 aromatic heterocycles. The van der Waals surface area contributed by atoms with E-state index in [0.29, 0.717) is 32.7 Å². The number of hydrogen-bond acceptors (Lipinski definition) is 5. The summed E-state index contributed by atoms with van der Waals surface area (Å²) in [6, 6.07) is 20.8. The first-order valence-electron chi connectivity index (χ1n) is 9.61. The second-order valence-corrected chi connectivity index (χ2v) is 7.51. The van der Waals surface area contributed by atoms with Crippen molar-refractivity contribution in [3.63, 3.8) is 0 Å². The molecule has 3 rings (SSSR count). The number of amides is 1. The molecule has 162 valence electrons. The summed E-state index contributed by atoms with van der Waals surface area (Å²) in [6.07, 6.45) is 6.68. The fraction of sp³-hybridized carbons (Fsp3) is 0.120. The highest BCUT2D eigenvalue weighted by Gasteiger charge is 2.39. The van der Waals surface area contributed by atoms with E-state index >= 15 is 0 Å². The van der Waals surface area contributed by atoms with E-state index in [2.05, 4.69) is 32.4 Å². The van der Waals surface area contributed by atoms with Crippen LogP contribution in [0.5, 0.6) is 11.5 Å². The minimum Gasteiger partial charge on any atom is -0.493 e. The van der Waals surface area contributed by atoms with Gasteiger partial charge in [0.15, 0.2) is 17.1 Å². The van der Waals surface area contributed by atoms with Gasteiger partial charge in [0.05, 0.1) is 13.3 Å². The Kier molecular flexibility index (Phi) is 7.66. The van der Waals surface area contributed by atoms with E-state index in [9.17, 15) is 9.90 Å². The van der Waals surface area contributed by atoms with Gasteiger partial charge in [-0.3, -0.25) is 4.79 Å². The molecule has 0 atom stereocenters. The number of rotatable bonds is 8. The monoisotopic (exact) mass is 492 g/mol. The van der Waals surface area contributed by atoms with Gasteiger partial charge in [-0.25, -0.2) is 5.43 Å². The number of ether oxygens (including phenoxy) is 2.